The quantitative estimate of drug-likeness (QED) is 0.216. The average molecular weight is 346 g/mol. The fourth-order valence-electron chi connectivity index (χ4n) is 2.53. The molecule has 0 bridgehead atoms. The van der Waals surface area contributed by atoms with E-state index in [1.807, 2.05) is 54.6 Å². The Kier molecular flexibility index (Phi) is 7.31. The monoisotopic (exact) mass is 346 g/mol. The van der Waals surface area contributed by atoms with E-state index in [0.717, 1.165) is 5.56 Å². The fourth-order valence-corrected chi connectivity index (χ4v) is 2.53. The highest BCUT2D eigenvalue weighted by atomic mass is 16.5. The van der Waals surface area contributed by atoms with Gasteiger partial charge in [0, 0.05) is 12.5 Å². The third-order valence-corrected chi connectivity index (χ3v) is 3.73. The molecule has 0 aliphatic heterocycles. The zero-order valence-electron chi connectivity index (χ0n) is 14.8. The van der Waals surface area contributed by atoms with E-state index in [0.29, 0.717) is 17.7 Å². The molecule has 2 aromatic rings. The Balaban J connectivity index is 2.32. The molecule has 0 saturated carbocycles. The van der Waals surface area contributed by atoms with Crippen LogP contribution in [-0.2, 0) is 9.53 Å². The number of carbonyl (C=O) groups is 2. The van der Waals surface area contributed by atoms with Gasteiger partial charge < -0.3 is 4.74 Å². The normalized spacial score (nSPS) is 12.6. The van der Waals surface area contributed by atoms with E-state index < -0.39 is 11.9 Å². The lowest BCUT2D eigenvalue weighted by atomic mass is 9.92. The van der Waals surface area contributed by atoms with Crippen LogP contribution < -0.4 is 0 Å². The van der Waals surface area contributed by atoms with Crippen LogP contribution in [-0.4, -0.2) is 11.8 Å². The minimum Gasteiger partial charge on any atom is -0.430 e. The van der Waals surface area contributed by atoms with Gasteiger partial charge in [-0.15, -0.1) is 6.58 Å². The van der Waals surface area contributed by atoms with Gasteiger partial charge in [0.25, 0.3) is 0 Å². The van der Waals surface area contributed by atoms with Crippen LogP contribution in [0.3, 0.4) is 0 Å². The number of hydrogen-bond donors (Lipinski definition) is 0. The lowest BCUT2D eigenvalue weighted by Crippen LogP contribution is -2.19. The van der Waals surface area contributed by atoms with Gasteiger partial charge in [-0.3, -0.25) is 9.59 Å². The Labute approximate surface area is 154 Å². The van der Waals surface area contributed by atoms with Gasteiger partial charge in [-0.2, -0.15) is 0 Å². The van der Waals surface area contributed by atoms with Crippen molar-refractivity contribution >= 4 is 17.8 Å². The zero-order valence-corrected chi connectivity index (χ0v) is 14.8. The summed E-state index contributed by atoms with van der Waals surface area (Å²) in [6.07, 6.45) is 7.38. The first-order valence-electron chi connectivity index (χ1n) is 8.43. The van der Waals surface area contributed by atoms with Crippen LogP contribution in [0.15, 0.2) is 91.2 Å². The zero-order chi connectivity index (χ0) is 18.8. The third-order valence-electron chi connectivity index (χ3n) is 3.73. The van der Waals surface area contributed by atoms with Gasteiger partial charge in [-0.1, -0.05) is 78.9 Å². The highest BCUT2D eigenvalue weighted by Crippen LogP contribution is 2.23. The Morgan fingerprint density at radius 1 is 1.04 bits per heavy atom. The molecule has 1 unspecified atom stereocenters. The van der Waals surface area contributed by atoms with E-state index in [1.165, 1.54) is 6.92 Å². The first kappa shape index (κ1) is 19.1. The molecule has 1 atom stereocenters. The van der Waals surface area contributed by atoms with Crippen molar-refractivity contribution in [3.05, 3.63) is 102 Å². The standard InChI is InChI=1S/C23H22O3/c1-3-11-21(23(25)20-15-8-5-9-16-20)22(26-18(2)24)17-10-14-19-12-6-4-7-13-19/h3-10,12-17,21H,1,11H2,2H3/b14-10+,22-17-. The predicted octanol–water partition coefficient (Wildman–Crippen LogP) is 5.22. The number of benzene rings is 2. The van der Waals surface area contributed by atoms with Crippen LogP contribution in [0.4, 0.5) is 0 Å². The van der Waals surface area contributed by atoms with E-state index >= 15 is 0 Å². The molecule has 26 heavy (non-hydrogen) atoms. The first-order chi connectivity index (χ1) is 12.6. The molecule has 0 N–H and O–H groups in total. The van der Waals surface area contributed by atoms with Gasteiger partial charge in [0.2, 0.25) is 0 Å². The van der Waals surface area contributed by atoms with Crippen LogP contribution in [0.1, 0.15) is 29.3 Å². The number of hydrogen-bond acceptors (Lipinski definition) is 3. The number of allylic oxidation sites excluding steroid dienone is 4. The van der Waals surface area contributed by atoms with Crippen molar-refractivity contribution in [2.24, 2.45) is 5.92 Å². The molecule has 2 rings (SSSR count). The number of Topliss-reactive ketones (excluding diaryl/α,β-unsaturated/α-hetero) is 1. The van der Waals surface area contributed by atoms with Gasteiger partial charge in [0.05, 0.1) is 5.92 Å². The molecule has 0 amide bonds. The second-order valence-electron chi connectivity index (χ2n) is 5.74. The van der Waals surface area contributed by atoms with Crippen molar-refractivity contribution in [2.45, 2.75) is 13.3 Å². The Morgan fingerprint density at radius 3 is 2.23 bits per heavy atom. The van der Waals surface area contributed by atoms with Crippen molar-refractivity contribution in [2.75, 3.05) is 0 Å². The maximum Gasteiger partial charge on any atom is 0.307 e. The second kappa shape index (κ2) is 9.94. The van der Waals surface area contributed by atoms with Crippen molar-refractivity contribution in [1.82, 2.24) is 0 Å². The maximum absolute atomic E-state index is 12.9. The van der Waals surface area contributed by atoms with E-state index in [9.17, 15) is 9.59 Å². The van der Waals surface area contributed by atoms with Crippen LogP contribution >= 0.6 is 0 Å². The molecule has 0 saturated heterocycles. The number of carbonyl (C=O) groups excluding carboxylic acids is 2. The van der Waals surface area contributed by atoms with Gasteiger partial charge in [0.1, 0.15) is 5.76 Å². The lowest BCUT2D eigenvalue weighted by Gasteiger charge is -2.17. The highest BCUT2D eigenvalue weighted by molar-refractivity contribution is 5.99. The van der Waals surface area contributed by atoms with E-state index in [2.05, 4.69) is 6.58 Å². The van der Waals surface area contributed by atoms with Crippen LogP contribution in [0.25, 0.3) is 6.08 Å². The average Bonchev–Trinajstić information content (AvgIpc) is 2.66. The Hall–Kier alpha value is -3.20. The van der Waals surface area contributed by atoms with Gasteiger partial charge in [0.15, 0.2) is 5.78 Å². The fraction of sp³-hybridized carbons (Fsp3) is 0.130. The summed E-state index contributed by atoms with van der Waals surface area (Å²) in [5.41, 5.74) is 1.59. The molecule has 0 radical (unpaired) electrons. The van der Waals surface area contributed by atoms with E-state index in [4.69, 9.17) is 4.74 Å². The molecule has 3 nitrogen and oxygen atoms in total. The molecule has 0 spiro atoms. The predicted molar refractivity (Wildman–Crippen MR) is 104 cm³/mol. The minimum absolute atomic E-state index is 0.105. The number of ether oxygens (including phenoxy) is 1. The van der Waals surface area contributed by atoms with E-state index in [-0.39, 0.29) is 5.78 Å². The lowest BCUT2D eigenvalue weighted by molar-refractivity contribution is -0.137. The first-order valence-corrected chi connectivity index (χ1v) is 8.43. The molecule has 2 aromatic carbocycles. The summed E-state index contributed by atoms with van der Waals surface area (Å²) in [4.78, 5) is 24.4. The Bertz CT molecular complexity index is 802. The summed E-state index contributed by atoms with van der Waals surface area (Å²) in [7, 11) is 0. The van der Waals surface area contributed by atoms with Crippen LogP contribution in [0.2, 0.25) is 0 Å². The molecular formula is C23H22O3. The van der Waals surface area contributed by atoms with Gasteiger partial charge in [-0.05, 0) is 18.1 Å². The van der Waals surface area contributed by atoms with Crippen molar-refractivity contribution in [3.8, 4) is 0 Å². The molecule has 0 aromatic heterocycles. The van der Waals surface area contributed by atoms with Gasteiger partial charge >= 0.3 is 5.97 Å². The maximum atomic E-state index is 12.9. The molecular weight excluding hydrogens is 324 g/mol. The van der Waals surface area contributed by atoms with Crippen molar-refractivity contribution in [1.29, 1.82) is 0 Å². The number of rotatable bonds is 8. The van der Waals surface area contributed by atoms with Crippen molar-refractivity contribution < 1.29 is 14.3 Å². The third kappa shape index (κ3) is 5.71. The molecule has 3 heteroatoms. The number of ketones is 1. The smallest absolute Gasteiger partial charge is 0.307 e. The van der Waals surface area contributed by atoms with E-state index in [1.54, 1.807) is 30.4 Å². The van der Waals surface area contributed by atoms with Crippen molar-refractivity contribution in [3.63, 3.8) is 0 Å². The topological polar surface area (TPSA) is 43.4 Å². The molecule has 0 heterocycles. The largest absolute Gasteiger partial charge is 0.430 e. The molecule has 0 aliphatic rings. The number of esters is 1. The highest BCUT2D eigenvalue weighted by Gasteiger charge is 2.25. The Morgan fingerprint density at radius 2 is 1.65 bits per heavy atom. The summed E-state index contributed by atoms with van der Waals surface area (Å²) >= 11 is 0. The van der Waals surface area contributed by atoms with Gasteiger partial charge in [-0.25, -0.2) is 0 Å². The summed E-state index contributed by atoms with van der Waals surface area (Å²) in [6, 6.07) is 18.7. The van der Waals surface area contributed by atoms with Crippen LogP contribution in [0.5, 0.6) is 0 Å². The summed E-state index contributed by atoms with van der Waals surface area (Å²) < 4.78 is 5.35. The summed E-state index contributed by atoms with van der Waals surface area (Å²) in [6.45, 7) is 5.05. The minimum atomic E-state index is -0.598. The summed E-state index contributed by atoms with van der Waals surface area (Å²) in [5.74, 6) is -0.844. The second-order valence-corrected chi connectivity index (χ2v) is 5.74. The SMILES string of the molecule is C=CCC(C(=O)c1ccccc1)/C(=C/C=C/c1ccccc1)OC(C)=O. The molecule has 132 valence electrons. The molecule has 0 fully saturated rings. The molecule has 0 aliphatic carbocycles. The van der Waals surface area contributed by atoms with Crippen LogP contribution in [0, 0.1) is 5.92 Å². The summed E-state index contributed by atoms with van der Waals surface area (Å²) in [5, 5.41) is 0.